The molecular formula is C5H16NO3P. The summed E-state index contributed by atoms with van der Waals surface area (Å²) in [5, 5.41) is 0. The minimum absolute atomic E-state index is 0.314. The predicted molar refractivity (Wildman–Crippen MR) is 42.5 cm³/mol. The van der Waals surface area contributed by atoms with Crippen LogP contribution in [0.2, 0.25) is 0 Å². The molecule has 0 bridgehead atoms. The molecule has 0 radical (unpaired) electrons. The fraction of sp³-hybridized carbons (Fsp3) is 1.00. The molecule has 1 atom stereocenters. The second-order valence-corrected chi connectivity index (χ2v) is 2.86. The van der Waals surface area contributed by atoms with Gasteiger partial charge in [0.2, 0.25) is 0 Å². The van der Waals surface area contributed by atoms with Crippen LogP contribution in [0.1, 0.15) is 6.92 Å². The number of hydrogen-bond acceptors (Lipinski definition) is 3. The summed E-state index contributed by atoms with van der Waals surface area (Å²) in [7, 11) is 3.36. The van der Waals surface area contributed by atoms with E-state index in [-0.39, 0.29) is 0 Å². The van der Waals surface area contributed by atoms with Gasteiger partial charge < -0.3 is 14.3 Å². The van der Waals surface area contributed by atoms with Gasteiger partial charge in [-0.3, -0.25) is 4.57 Å². The number of nitrogens with zero attached hydrogens (tertiary/aromatic N) is 1. The summed E-state index contributed by atoms with van der Waals surface area (Å²) >= 11 is 0. The molecule has 0 rings (SSSR count). The van der Waals surface area contributed by atoms with Gasteiger partial charge in [-0.1, -0.05) is 0 Å². The molecule has 0 heterocycles. The van der Waals surface area contributed by atoms with E-state index >= 15 is 0 Å². The summed E-state index contributed by atoms with van der Waals surface area (Å²) in [6.07, 6.45) is 0. The minimum Gasteiger partial charge on any atom is -0.326 e. The first kappa shape index (κ1) is 12.8. The highest BCUT2D eigenvalue weighted by Gasteiger charge is 1.81. The highest BCUT2D eigenvalue weighted by Crippen LogP contribution is 2.12. The molecule has 4 nitrogen and oxygen atoms in total. The lowest BCUT2D eigenvalue weighted by Gasteiger charge is -1.90. The van der Waals surface area contributed by atoms with Crippen LogP contribution < -0.4 is 0 Å². The smallest absolute Gasteiger partial charge is 0.316 e. The molecule has 0 aromatic heterocycles. The summed E-state index contributed by atoms with van der Waals surface area (Å²) < 4.78 is 13.7. The van der Waals surface area contributed by atoms with E-state index in [0.717, 1.165) is 0 Å². The molecule has 0 aromatic carbocycles. The first-order valence-corrected chi connectivity index (χ1v) is 4.23. The van der Waals surface area contributed by atoms with E-state index in [2.05, 4.69) is 4.52 Å². The van der Waals surface area contributed by atoms with Crippen molar-refractivity contribution in [2.24, 2.45) is 0 Å². The molecule has 0 fully saturated rings. The van der Waals surface area contributed by atoms with Crippen molar-refractivity contribution in [2.45, 2.75) is 6.92 Å². The van der Waals surface area contributed by atoms with Crippen LogP contribution in [0.4, 0.5) is 0 Å². The van der Waals surface area contributed by atoms with Crippen molar-refractivity contribution in [3.63, 3.8) is 0 Å². The molecule has 0 aliphatic rings. The molecule has 0 amide bonds. The van der Waals surface area contributed by atoms with Crippen molar-refractivity contribution in [2.75, 3.05) is 27.7 Å². The number of hydrogen-bond donors (Lipinski definition) is 1. The quantitative estimate of drug-likeness (QED) is 0.614. The Morgan fingerprint density at radius 3 is 1.80 bits per heavy atom. The van der Waals surface area contributed by atoms with E-state index in [1.807, 2.05) is 26.0 Å². The monoisotopic (exact) mass is 169 g/mol. The third kappa shape index (κ3) is 42.4. The van der Waals surface area contributed by atoms with E-state index in [1.165, 1.54) is 0 Å². The zero-order chi connectivity index (χ0) is 8.57. The molecule has 0 saturated heterocycles. The summed E-state index contributed by atoms with van der Waals surface area (Å²) in [4.78, 5) is 9.88. The van der Waals surface area contributed by atoms with Crippen LogP contribution >= 0.6 is 8.25 Å². The van der Waals surface area contributed by atoms with Gasteiger partial charge in [-0.25, -0.2) is 0 Å². The van der Waals surface area contributed by atoms with Crippen molar-refractivity contribution in [1.82, 2.24) is 4.90 Å². The molecule has 1 N–H and O–H groups in total. The van der Waals surface area contributed by atoms with Crippen LogP contribution in [0.15, 0.2) is 0 Å². The molecule has 0 aliphatic carbocycles. The van der Waals surface area contributed by atoms with Gasteiger partial charge in [0, 0.05) is 0 Å². The van der Waals surface area contributed by atoms with Crippen LogP contribution in [0.5, 0.6) is 0 Å². The zero-order valence-corrected chi connectivity index (χ0v) is 7.92. The fourth-order valence-corrected chi connectivity index (χ4v) is 0.370. The lowest BCUT2D eigenvalue weighted by molar-refractivity contribution is 0.297. The maximum absolute atomic E-state index is 9.56. The molecule has 10 heavy (non-hydrogen) atoms. The maximum atomic E-state index is 9.56. The Morgan fingerprint density at radius 1 is 1.50 bits per heavy atom. The second kappa shape index (κ2) is 9.11. The Labute approximate surface area is 62.8 Å². The third-order valence-electron chi connectivity index (χ3n) is 0.268. The highest BCUT2D eigenvalue weighted by atomic mass is 31.1. The molecule has 0 spiro atoms. The van der Waals surface area contributed by atoms with Crippen LogP contribution in [0.25, 0.3) is 0 Å². The summed E-state index contributed by atoms with van der Waals surface area (Å²) in [6.45, 7) is 1.98. The number of rotatable bonds is 2. The van der Waals surface area contributed by atoms with Gasteiger partial charge in [-0.15, -0.1) is 0 Å². The van der Waals surface area contributed by atoms with E-state index in [1.54, 1.807) is 6.92 Å². The van der Waals surface area contributed by atoms with Crippen LogP contribution in [0.3, 0.4) is 0 Å². The maximum Gasteiger partial charge on any atom is 0.316 e. The Balaban J connectivity index is 0. The van der Waals surface area contributed by atoms with Crippen molar-refractivity contribution in [3.8, 4) is 0 Å². The Bertz CT molecular complexity index is 84.2. The summed E-state index contributed by atoms with van der Waals surface area (Å²) in [6, 6.07) is 0. The van der Waals surface area contributed by atoms with E-state index in [9.17, 15) is 4.57 Å². The molecule has 0 saturated carbocycles. The third-order valence-corrected chi connectivity index (χ3v) is 0.803. The normalized spacial score (nSPS) is 12.2. The molecule has 0 aliphatic heterocycles. The average molecular weight is 169 g/mol. The van der Waals surface area contributed by atoms with Crippen LogP contribution in [-0.2, 0) is 9.09 Å². The lowest BCUT2D eigenvalue weighted by atomic mass is 10.9. The van der Waals surface area contributed by atoms with Gasteiger partial charge in [-0.2, -0.15) is 0 Å². The van der Waals surface area contributed by atoms with Crippen LogP contribution in [0, 0.1) is 0 Å². The lowest BCUT2D eigenvalue weighted by Crippen LogP contribution is -1.99. The molecule has 0 aromatic rings. The Hall–Kier alpha value is 0.110. The van der Waals surface area contributed by atoms with Gasteiger partial charge >= 0.3 is 8.25 Å². The molecule has 1 unspecified atom stereocenters. The van der Waals surface area contributed by atoms with Crippen molar-refractivity contribution < 1.29 is 14.0 Å². The van der Waals surface area contributed by atoms with Crippen molar-refractivity contribution in [1.29, 1.82) is 0 Å². The van der Waals surface area contributed by atoms with E-state index in [0.29, 0.717) is 6.61 Å². The first-order valence-electron chi connectivity index (χ1n) is 2.97. The molecule has 64 valence electrons. The van der Waals surface area contributed by atoms with Crippen molar-refractivity contribution in [3.05, 3.63) is 0 Å². The van der Waals surface area contributed by atoms with Gasteiger partial charge in [-0.05, 0) is 28.1 Å². The minimum atomic E-state index is -2.64. The Kier molecular flexibility index (Phi) is 11.6. The van der Waals surface area contributed by atoms with E-state index in [4.69, 9.17) is 4.89 Å². The second-order valence-electron chi connectivity index (χ2n) is 2.04. The molecular weight excluding hydrogens is 153 g/mol. The predicted octanol–water partition coefficient (Wildman–Crippen LogP) is 0.583. The topological polar surface area (TPSA) is 49.8 Å². The van der Waals surface area contributed by atoms with E-state index < -0.39 is 8.25 Å². The van der Waals surface area contributed by atoms with Gasteiger partial charge in [0.25, 0.3) is 0 Å². The Morgan fingerprint density at radius 2 is 1.80 bits per heavy atom. The fourth-order valence-electron chi connectivity index (χ4n) is 0.123. The largest absolute Gasteiger partial charge is 0.326 e. The van der Waals surface area contributed by atoms with Gasteiger partial charge in [0.15, 0.2) is 0 Å². The summed E-state index contributed by atoms with van der Waals surface area (Å²) in [5.41, 5.74) is 0. The highest BCUT2D eigenvalue weighted by molar-refractivity contribution is 7.32. The van der Waals surface area contributed by atoms with Crippen LogP contribution in [-0.4, -0.2) is 37.5 Å². The first-order chi connectivity index (χ1) is 4.50. The standard InChI is InChI=1S/C3H9N.C2H7O3P/c1-4(2)3;1-2-5-6(3)4/h1-3H3;6H,2H2,1H3,(H,3,4). The van der Waals surface area contributed by atoms with Crippen molar-refractivity contribution >= 4 is 8.25 Å². The summed E-state index contributed by atoms with van der Waals surface area (Å²) in [5.74, 6) is 0. The average Bonchev–Trinajstić information content (AvgIpc) is 1.62. The zero-order valence-electron chi connectivity index (χ0n) is 6.92. The van der Waals surface area contributed by atoms with Gasteiger partial charge in [0.05, 0.1) is 6.61 Å². The molecule has 5 heteroatoms. The SMILES string of the molecule is CCO[PH](=O)O.CN(C)C. The van der Waals surface area contributed by atoms with Gasteiger partial charge in [0.1, 0.15) is 0 Å².